The van der Waals surface area contributed by atoms with Crippen LogP contribution in [0.1, 0.15) is 23.4 Å². The fraction of sp³-hybridized carbons (Fsp3) is 0.231. The Morgan fingerprint density at radius 3 is 2.56 bits per heavy atom. The normalized spacial score (nSPS) is 12.7. The highest BCUT2D eigenvalue weighted by Crippen LogP contribution is 2.27. The van der Waals surface area contributed by atoms with Gasteiger partial charge in [0.05, 0.1) is 4.34 Å². The maximum Gasteiger partial charge on any atom is 0.0931 e. The lowest BCUT2D eigenvalue weighted by molar-refractivity contribution is 0.583. The molecule has 1 N–H and O–H groups in total. The highest BCUT2D eigenvalue weighted by atomic mass is 35.5. The van der Waals surface area contributed by atoms with E-state index in [9.17, 15) is 0 Å². The van der Waals surface area contributed by atoms with E-state index in [-0.39, 0.29) is 6.04 Å². The van der Waals surface area contributed by atoms with Crippen molar-refractivity contribution < 1.29 is 0 Å². The monoisotopic (exact) mass is 319 g/mol. The summed E-state index contributed by atoms with van der Waals surface area (Å²) < 4.78 is 0.808. The Morgan fingerprint density at radius 2 is 1.94 bits per heavy atom. The first-order valence-electron chi connectivity index (χ1n) is 5.49. The number of thiophene rings is 1. The molecule has 0 radical (unpaired) electrons. The molecule has 1 nitrogen and oxygen atoms in total. The lowest BCUT2D eigenvalue weighted by Gasteiger charge is -2.13. The Balaban J connectivity index is 1.99. The van der Waals surface area contributed by atoms with Crippen LogP contribution in [0.5, 0.6) is 0 Å². The molecule has 96 valence electrons. The maximum absolute atomic E-state index is 6.12. The Bertz CT molecular complexity index is 539. The summed E-state index contributed by atoms with van der Waals surface area (Å²) in [7, 11) is 0. The summed E-state index contributed by atoms with van der Waals surface area (Å²) in [5, 5.41) is 4.75. The first-order valence-corrected chi connectivity index (χ1v) is 7.44. The molecule has 2 aromatic rings. The second kappa shape index (κ2) is 6.27. The van der Waals surface area contributed by atoms with Crippen molar-refractivity contribution in [2.75, 3.05) is 0 Å². The van der Waals surface area contributed by atoms with E-state index in [0.29, 0.717) is 16.6 Å². The summed E-state index contributed by atoms with van der Waals surface area (Å²) in [6.07, 6.45) is 0. The number of hydrogen-bond donors (Lipinski definition) is 1. The predicted molar refractivity (Wildman–Crippen MR) is 81.0 cm³/mol. The van der Waals surface area contributed by atoms with E-state index in [4.69, 9.17) is 34.8 Å². The van der Waals surface area contributed by atoms with Gasteiger partial charge in [-0.05, 0) is 36.8 Å². The van der Waals surface area contributed by atoms with E-state index in [0.717, 1.165) is 9.90 Å². The molecule has 1 heterocycles. The first kappa shape index (κ1) is 14.2. The third-order valence-electron chi connectivity index (χ3n) is 2.63. The lowest BCUT2D eigenvalue weighted by Crippen LogP contribution is -2.17. The zero-order valence-corrected chi connectivity index (χ0v) is 12.8. The van der Waals surface area contributed by atoms with Crippen molar-refractivity contribution in [2.24, 2.45) is 0 Å². The quantitative estimate of drug-likeness (QED) is 0.777. The molecular weight excluding hydrogens is 309 g/mol. The minimum atomic E-state index is 0.245. The van der Waals surface area contributed by atoms with Crippen LogP contribution in [-0.2, 0) is 6.54 Å². The van der Waals surface area contributed by atoms with Gasteiger partial charge in [-0.3, -0.25) is 0 Å². The summed E-state index contributed by atoms with van der Waals surface area (Å²) >= 11 is 19.5. The van der Waals surface area contributed by atoms with Gasteiger partial charge in [0, 0.05) is 27.5 Å². The van der Waals surface area contributed by atoms with Gasteiger partial charge in [0.25, 0.3) is 0 Å². The maximum atomic E-state index is 6.12. The third-order valence-corrected chi connectivity index (χ3v) is 4.64. The van der Waals surface area contributed by atoms with Gasteiger partial charge in [-0.15, -0.1) is 11.3 Å². The van der Waals surface area contributed by atoms with Crippen LogP contribution in [-0.4, -0.2) is 0 Å². The number of rotatable bonds is 4. The van der Waals surface area contributed by atoms with Gasteiger partial charge in [-0.1, -0.05) is 40.9 Å². The number of benzene rings is 1. The van der Waals surface area contributed by atoms with E-state index in [1.54, 1.807) is 17.4 Å². The zero-order chi connectivity index (χ0) is 13.1. The van der Waals surface area contributed by atoms with Crippen molar-refractivity contribution in [3.63, 3.8) is 0 Å². The fourth-order valence-corrected chi connectivity index (χ4v) is 3.15. The van der Waals surface area contributed by atoms with Crippen LogP contribution >= 0.6 is 46.1 Å². The molecule has 2 rings (SSSR count). The minimum absolute atomic E-state index is 0.245. The van der Waals surface area contributed by atoms with Crippen molar-refractivity contribution in [3.05, 3.63) is 55.2 Å². The molecule has 0 bridgehead atoms. The fourth-order valence-electron chi connectivity index (χ4n) is 1.59. The summed E-state index contributed by atoms with van der Waals surface area (Å²) in [6.45, 7) is 2.80. The lowest BCUT2D eigenvalue weighted by atomic mass is 10.2. The Labute approximate surface area is 126 Å². The average Bonchev–Trinajstić information content (AvgIpc) is 2.74. The molecule has 0 spiro atoms. The Morgan fingerprint density at radius 1 is 1.17 bits per heavy atom. The molecular formula is C13H12Cl3NS. The van der Waals surface area contributed by atoms with Crippen LogP contribution in [0.4, 0.5) is 0 Å². The van der Waals surface area contributed by atoms with Gasteiger partial charge in [0.15, 0.2) is 0 Å². The van der Waals surface area contributed by atoms with E-state index >= 15 is 0 Å². The average molecular weight is 321 g/mol. The van der Waals surface area contributed by atoms with Crippen molar-refractivity contribution in [1.82, 2.24) is 5.32 Å². The molecule has 1 aromatic carbocycles. The second-order valence-corrected chi connectivity index (χ2v) is 6.57. The van der Waals surface area contributed by atoms with Crippen LogP contribution < -0.4 is 5.32 Å². The molecule has 1 aromatic heterocycles. The molecule has 0 aliphatic rings. The smallest absolute Gasteiger partial charge is 0.0931 e. The largest absolute Gasteiger partial charge is 0.305 e. The predicted octanol–water partition coefficient (Wildman–Crippen LogP) is 5.56. The number of nitrogens with one attached hydrogen (secondary N) is 1. The Hall–Kier alpha value is -0.250. The minimum Gasteiger partial charge on any atom is -0.305 e. The van der Waals surface area contributed by atoms with E-state index < -0.39 is 0 Å². The molecule has 5 heteroatoms. The molecule has 0 amide bonds. The molecule has 0 aliphatic carbocycles. The van der Waals surface area contributed by atoms with Crippen molar-refractivity contribution in [1.29, 1.82) is 0 Å². The van der Waals surface area contributed by atoms with E-state index in [2.05, 4.69) is 12.2 Å². The van der Waals surface area contributed by atoms with Gasteiger partial charge in [-0.2, -0.15) is 0 Å². The van der Waals surface area contributed by atoms with Crippen molar-refractivity contribution in [2.45, 2.75) is 19.5 Å². The SMILES string of the molecule is CC(NCc1ccc(Cl)cc1Cl)c1ccc(Cl)s1. The highest BCUT2D eigenvalue weighted by molar-refractivity contribution is 7.16. The molecule has 1 unspecified atom stereocenters. The molecule has 0 fully saturated rings. The van der Waals surface area contributed by atoms with E-state index in [1.807, 2.05) is 24.3 Å². The second-order valence-electron chi connectivity index (χ2n) is 3.98. The first-order chi connectivity index (χ1) is 8.56. The molecule has 1 atom stereocenters. The van der Waals surface area contributed by atoms with Gasteiger partial charge in [0.2, 0.25) is 0 Å². The van der Waals surface area contributed by atoms with E-state index in [1.165, 1.54) is 4.88 Å². The third kappa shape index (κ3) is 3.62. The van der Waals surface area contributed by atoms with Gasteiger partial charge in [-0.25, -0.2) is 0 Å². The van der Waals surface area contributed by atoms with Gasteiger partial charge < -0.3 is 5.32 Å². The van der Waals surface area contributed by atoms with Crippen LogP contribution in [0, 0.1) is 0 Å². The summed E-state index contributed by atoms with van der Waals surface area (Å²) in [4.78, 5) is 1.21. The van der Waals surface area contributed by atoms with Crippen molar-refractivity contribution in [3.8, 4) is 0 Å². The zero-order valence-electron chi connectivity index (χ0n) is 9.71. The summed E-state index contributed by atoms with van der Waals surface area (Å²) in [6, 6.07) is 9.73. The molecule has 0 aliphatic heterocycles. The van der Waals surface area contributed by atoms with Crippen LogP contribution in [0.3, 0.4) is 0 Å². The molecule has 0 saturated carbocycles. The number of halogens is 3. The van der Waals surface area contributed by atoms with Crippen molar-refractivity contribution >= 4 is 46.1 Å². The highest BCUT2D eigenvalue weighted by Gasteiger charge is 2.09. The Kier molecular flexibility index (Phi) is 4.93. The van der Waals surface area contributed by atoms with Gasteiger partial charge >= 0.3 is 0 Å². The summed E-state index contributed by atoms with van der Waals surface area (Å²) in [5.41, 5.74) is 1.04. The standard InChI is InChI=1S/C13H12Cl3NS/c1-8(12-4-5-13(16)18-12)17-7-9-2-3-10(14)6-11(9)15/h2-6,8,17H,7H2,1H3. The number of hydrogen-bond acceptors (Lipinski definition) is 2. The summed E-state index contributed by atoms with van der Waals surface area (Å²) in [5.74, 6) is 0. The molecule has 0 saturated heterocycles. The van der Waals surface area contributed by atoms with Crippen LogP contribution in [0.25, 0.3) is 0 Å². The van der Waals surface area contributed by atoms with Crippen LogP contribution in [0.15, 0.2) is 30.3 Å². The topological polar surface area (TPSA) is 12.0 Å². The molecule has 18 heavy (non-hydrogen) atoms. The van der Waals surface area contributed by atoms with Crippen LogP contribution in [0.2, 0.25) is 14.4 Å². The van der Waals surface area contributed by atoms with Gasteiger partial charge in [0.1, 0.15) is 0 Å².